The van der Waals surface area contributed by atoms with Crippen LogP contribution in [0.5, 0.6) is 0 Å². The highest BCUT2D eigenvalue weighted by molar-refractivity contribution is 6.30. The minimum absolute atomic E-state index is 0.804. The first-order valence-corrected chi connectivity index (χ1v) is 7.73. The summed E-state index contributed by atoms with van der Waals surface area (Å²) in [5, 5.41) is 4.32. The van der Waals surface area contributed by atoms with Crippen LogP contribution in [0, 0.1) is 0 Å². The Morgan fingerprint density at radius 1 is 1.00 bits per heavy atom. The minimum Gasteiger partial charge on any atom is -0.312 e. The SMILES string of the molecule is Clc1ccc(CCNCc2cccc(C3CC3)c2)cc1. The zero-order valence-corrected chi connectivity index (χ0v) is 12.4. The second-order valence-corrected chi connectivity index (χ2v) is 6.01. The molecule has 104 valence electrons. The average molecular weight is 286 g/mol. The fourth-order valence-corrected chi connectivity index (χ4v) is 2.62. The van der Waals surface area contributed by atoms with Crippen LogP contribution in [0.15, 0.2) is 48.5 Å². The largest absolute Gasteiger partial charge is 0.312 e. The summed E-state index contributed by atoms with van der Waals surface area (Å²) in [5.74, 6) is 0.837. The maximum absolute atomic E-state index is 5.88. The standard InChI is InChI=1S/C18H20ClN/c19-18-8-4-14(5-9-18)10-11-20-13-15-2-1-3-17(12-15)16-6-7-16/h1-5,8-9,12,16,20H,6-7,10-11,13H2. The normalized spacial score (nSPS) is 14.4. The molecule has 2 heteroatoms. The van der Waals surface area contributed by atoms with Gasteiger partial charge in [0, 0.05) is 11.6 Å². The van der Waals surface area contributed by atoms with Gasteiger partial charge in [0.05, 0.1) is 0 Å². The summed E-state index contributed by atoms with van der Waals surface area (Å²) in [7, 11) is 0. The maximum atomic E-state index is 5.88. The van der Waals surface area contributed by atoms with Crippen molar-refractivity contribution in [2.24, 2.45) is 0 Å². The summed E-state index contributed by atoms with van der Waals surface area (Å²) < 4.78 is 0. The lowest BCUT2D eigenvalue weighted by Gasteiger charge is -2.07. The van der Waals surface area contributed by atoms with E-state index in [1.54, 1.807) is 0 Å². The predicted octanol–water partition coefficient (Wildman–Crippen LogP) is 4.55. The summed E-state index contributed by atoms with van der Waals surface area (Å²) in [6, 6.07) is 17.1. The molecule has 1 fully saturated rings. The fraction of sp³-hybridized carbons (Fsp3) is 0.333. The van der Waals surface area contributed by atoms with Gasteiger partial charge in [-0.3, -0.25) is 0 Å². The molecule has 1 aliphatic carbocycles. The molecule has 0 amide bonds. The molecule has 0 spiro atoms. The molecule has 0 saturated heterocycles. The van der Waals surface area contributed by atoms with Crippen LogP contribution in [0.1, 0.15) is 35.4 Å². The Hall–Kier alpha value is -1.31. The van der Waals surface area contributed by atoms with Gasteiger partial charge < -0.3 is 5.32 Å². The zero-order chi connectivity index (χ0) is 13.8. The molecule has 1 N–H and O–H groups in total. The molecule has 2 aromatic carbocycles. The summed E-state index contributed by atoms with van der Waals surface area (Å²) in [6.07, 6.45) is 3.78. The molecule has 0 aromatic heterocycles. The van der Waals surface area contributed by atoms with Crippen LogP contribution >= 0.6 is 11.6 Å². The van der Waals surface area contributed by atoms with Crippen molar-refractivity contribution in [3.8, 4) is 0 Å². The van der Waals surface area contributed by atoms with E-state index in [4.69, 9.17) is 11.6 Å². The Morgan fingerprint density at radius 3 is 2.55 bits per heavy atom. The predicted molar refractivity (Wildman–Crippen MR) is 85.3 cm³/mol. The van der Waals surface area contributed by atoms with Gasteiger partial charge in [-0.2, -0.15) is 0 Å². The second kappa shape index (κ2) is 6.43. The number of benzene rings is 2. The smallest absolute Gasteiger partial charge is 0.0406 e. The van der Waals surface area contributed by atoms with Crippen LogP contribution < -0.4 is 5.32 Å². The van der Waals surface area contributed by atoms with Gasteiger partial charge in [-0.05, 0) is 60.5 Å². The van der Waals surface area contributed by atoms with Crippen molar-refractivity contribution in [1.82, 2.24) is 5.32 Å². The Kier molecular flexibility index (Phi) is 4.39. The third-order valence-corrected chi connectivity index (χ3v) is 4.08. The van der Waals surface area contributed by atoms with Gasteiger partial charge >= 0.3 is 0 Å². The van der Waals surface area contributed by atoms with Gasteiger partial charge in [0.1, 0.15) is 0 Å². The van der Waals surface area contributed by atoms with E-state index in [-0.39, 0.29) is 0 Å². The third-order valence-electron chi connectivity index (χ3n) is 3.83. The Balaban J connectivity index is 1.45. The molecule has 1 nitrogen and oxygen atoms in total. The average Bonchev–Trinajstić information content (AvgIpc) is 3.30. The number of rotatable bonds is 6. The van der Waals surface area contributed by atoms with Gasteiger partial charge in [-0.25, -0.2) is 0 Å². The third kappa shape index (κ3) is 3.84. The summed E-state index contributed by atoms with van der Waals surface area (Å²) in [5.41, 5.74) is 4.24. The van der Waals surface area contributed by atoms with Gasteiger partial charge in [0.15, 0.2) is 0 Å². The van der Waals surface area contributed by atoms with Gasteiger partial charge in [-0.15, -0.1) is 0 Å². The van der Waals surface area contributed by atoms with E-state index in [1.165, 1.54) is 29.5 Å². The van der Waals surface area contributed by atoms with Crippen LogP contribution in [0.3, 0.4) is 0 Å². The number of nitrogens with one attached hydrogen (secondary N) is 1. The second-order valence-electron chi connectivity index (χ2n) is 5.57. The monoisotopic (exact) mass is 285 g/mol. The minimum atomic E-state index is 0.804. The lowest BCUT2D eigenvalue weighted by atomic mass is 10.1. The van der Waals surface area contributed by atoms with E-state index in [0.29, 0.717) is 0 Å². The lowest BCUT2D eigenvalue weighted by molar-refractivity contribution is 0.686. The van der Waals surface area contributed by atoms with Crippen molar-refractivity contribution in [1.29, 1.82) is 0 Å². The van der Waals surface area contributed by atoms with Crippen molar-refractivity contribution < 1.29 is 0 Å². The Morgan fingerprint density at radius 2 is 1.80 bits per heavy atom. The van der Waals surface area contributed by atoms with Crippen molar-refractivity contribution in [3.63, 3.8) is 0 Å². The summed E-state index contributed by atoms with van der Waals surface area (Å²) >= 11 is 5.88. The van der Waals surface area contributed by atoms with E-state index in [0.717, 1.165) is 30.5 Å². The Labute approximate surface area is 126 Å². The van der Waals surface area contributed by atoms with Crippen LogP contribution in [-0.4, -0.2) is 6.54 Å². The van der Waals surface area contributed by atoms with Crippen molar-refractivity contribution in [2.75, 3.05) is 6.54 Å². The van der Waals surface area contributed by atoms with Crippen molar-refractivity contribution >= 4 is 11.6 Å². The van der Waals surface area contributed by atoms with Crippen LogP contribution in [0.25, 0.3) is 0 Å². The maximum Gasteiger partial charge on any atom is 0.0406 e. The lowest BCUT2D eigenvalue weighted by Crippen LogP contribution is -2.16. The first-order chi connectivity index (χ1) is 9.81. The van der Waals surface area contributed by atoms with E-state index in [2.05, 4.69) is 41.7 Å². The number of halogens is 1. The number of hydrogen-bond acceptors (Lipinski definition) is 1. The molecule has 0 atom stereocenters. The molecule has 20 heavy (non-hydrogen) atoms. The Bertz CT molecular complexity index is 558. The molecule has 1 aliphatic rings. The van der Waals surface area contributed by atoms with E-state index < -0.39 is 0 Å². The highest BCUT2D eigenvalue weighted by Gasteiger charge is 2.23. The molecule has 0 heterocycles. The molecule has 0 bridgehead atoms. The van der Waals surface area contributed by atoms with E-state index in [1.807, 2.05) is 12.1 Å². The zero-order valence-electron chi connectivity index (χ0n) is 11.6. The van der Waals surface area contributed by atoms with Crippen LogP contribution in [0.4, 0.5) is 0 Å². The molecule has 3 rings (SSSR count). The molecule has 0 unspecified atom stereocenters. The van der Waals surface area contributed by atoms with Crippen LogP contribution in [0.2, 0.25) is 5.02 Å². The van der Waals surface area contributed by atoms with E-state index >= 15 is 0 Å². The van der Waals surface area contributed by atoms with Gasteiger partial charge in [-0.1, -0.05) is 48.0 Å². The molecule has 2 aromatic rings. The first kappa shape index (κ1) is 13.7. The quantitative estimate of drug-likeness (QED) is 0.768. The topological polar surface area (TPSA) is 12.0 Å². The van der Waals surface area contributed by atoms with Crippen molar-refractivity contribution in [3.05, 3.63) is 70.2 Å². The molecular weight excluding hydrogens is 266 g/mol. The first-order valence-electron chi connectivity index (χ1n) is 7.35. The fourth-order valence-electron chi connectivity index (χ4n) is 2.49. The van der Waals surface area contributed by atoms with Crippen molar-refractivity contribution in [2.45, 2.75) is 31.7 Å². The van der Waals surface area contributed by atoms with Gasteiger partial charge in [0.2, 0.25) is 0 Å². The van der Waals surface area contributed by atoms with Crippen LogP contribution in [-0.2, 0) is 13.0 Å². The molecule has 1 saturated carbocycles. The van der Waals surface area contributed by atoms with Gasteiger partial charge in [0.25, 0.3) is 0 Å². The molecule has 0 aliphatic heterocycles. The van der Waals surface area contributed by atoms with E-state index in [9.17, 15) is 0 Å². The molecular formula is C18H20ClN. The summed E-state index contributed by atoms with van der Waals surface area (Å²) in [4.78, 5) is 0. The number of hydrogen-bond donors (Lipinski definition) is 1. The molecule has 0 radical (unpaired) electrons. The highest BCUT2D eigenvalue weighted by atomic mass is 35.5. The summed E-state index contributed by atoms with van der Waals surface area (Å²) in [6.45, 7) is 1.95. The highest BCUT2D eigenvalue weighted by Crippen LogP contribution is 2.40.